The van der Waals surface area contributed by atoms with Gasteiger partial charge in [-0.3, -0.25) is 0 Å². The maximum atomic E-state index is 11.0. The molecule has 11 heavy (non-hydrogen) atoms. The van der Waals surface area contributed by atoms with Gasteiger partial charge in [-0.2, -0.15) is 5.26 Å². The summed E-state index contributed by atoms with van der Waals surface area (Å²) >= 11 is 0. The molecule has 0 aromatic heterocycles. The second kappa shape index (κ2) is 4.31. The van der Waals surface area contributed by atoms with E-state index >= 15 is 0 Å². The third-order valence-corrected chi connectivity index (χ3v) is 2.85. The fraction of sp³-hybridized carbons (Fsp3) is 0.833. The first-order chi connectivity index (χ1) is 5.04. The predicted octanol–water partition coefficient (Wildman–Crippen LogP) is 0.307. The molecule has 64 valence electrons. The molecule has 0 saturated carbocycles. The van der Waals surface area contributed by atoms with Crippen molar-refractivity contribution in [3.63, 3.8) is 0 Å². The largest absolute Gasteiger partial charge is 0.363 e. The summed E-state index contributed by atoms with van der Waals surface area (Å²) in [6.07, 6.45) is 0. The number of rotatable bonds is 4. The molecule has 1 unspecified atom stereocenters. The average Bonchev–Trinajstić information content (AvgIpc) is 1.88. The maximum Gasteiger partial charge on any atom is 0.190 e. The van der Waals surface area contributed by atoms with Gasteiger partial charge in [0.2, 0.25) is 0 Å². The zero-order valence-corrected chi connectivity index (χ0v) is 7.39. The molecule has 0 spiro atoms. The highest BCUT2D eigenvalue weighted by Crippen LogP contribution is 2.02. The summed E-state index contributed by atoms with van der Waals surface area (Å²) in [6.45, 7) is 3.47. The average molecular weight is 177 g/mol. The van der Waals surface area contributed by atoms with Gasteiger partial charge in [0.25, 0.3) is 0 Å². The van der Waals surface area contributed by atoms with Crippen LogP contribution in [-0.4, -0.2) is 26.2 Å². The summed E-state index contributed by atoms with van der Waals surface area (Å²) in [7, 11) is -3.36. The van der Waals surface area contributed by atoms with Crippen LogP contribution in [0, 0.1) is 11.3 Å². The highest BCUT2D eigenvalue weighted by atomic mass is 32.2. The van der Waals surface area contributed by atoms with Gasteiger partial charge in [-0.05, 0) is 13.8 Å². The van der Waals surface area contributed by atoms with Gasteiger partial charge in [-0.1, -0.05) is 0 Å². The normalized spacial score (nSPS) is 13.9. The molecule has 0 aromatic rings. The smallest absolute Gasteiger partial charge is 0.190 e. The molecule has 4 nitrogen and oxygen atoms in total. The Morgan fingerprint density at radius 3 is 2.55 bits per heavy atom. The topological polar surface area (TPSA) is 67.2 Å². The van der Waals surface area contributed by atoms with Crippen LogP contribution in [0.2, 0.25) is 0 Å². The molecule has 0 aliphatic carbocycles. The lowest BCUT2D eigenvalue weighted by atomic mass is 10.8. The van der Waals surface area contributed by atoms with Crippen molar-refractivity contribution < 1.29 is 13.2 Å². The van der Waals surface area contributed by atoms with Crippen LogP contribution in [0.3, 0.4) is 0 Å². The zero-order valence-electron chi connectivity index (χ0n) is 6.57. The van der Waals surface area contributed by atoms with Crippen LogP contribution in [-0.2, 0) is 14.6 Å². The summed E-state index contributed by atoms with van der Waals surface area (Å²) in [5, 5.41) is 8.13. The monoisotopic (exact) mass is 177 g/mol. The van der Waals surface area contributed by atoms with Crippen LogP contribution in [0.4, 0.5) is 0 Å². The van der Waals surface area contributed by atoms with Crippen molar-refractivity contribution in [1.29, 1.82) is 5.26 Å². The van der Waals surface area contributed by atoms with Crippen LogP contribution in [0.15, 0.2) is 0 Å². The minimum atomic E-state index is -3.36. The molecule has 0 heterocycles. The Hall–Kier alpha value is -0.600. The quantitative estimate of drug-likeness (QED) is 0.619. The number of nitrogens with zero attached hydrogens (tertiary/aromatic N) is 1. The van der Waals surface area contributed by atoms with Gasteiger partial charge in [0.05, 0.1) is 6.07 Å². The number of sulfone groups is 1. The Labute approximate surface area is 66.7 Å². The Balaban J connectivity index is 4.21. The lowest BCUT2D eigenvalue weighted by Gasteiger charge is -2.09. The maximum absolute atomic E-state index is 11.0. The fourth-order valence-electron chi connectivity index (χ4n) is 0.546. The van der Waals surface area contributed by atoms with Gasteiger partial charge in [0.15, 0.2) is 15.3 Å². The fourth-order valence-corrected chi connectivity index (χ4v) is 1.30. The van der Waals surface area contributed by atoms with Crippen molar-refractivity contribution in [2.24, 2.45) is 0 Å². The molecule has 1 atom stereocenters. The van der Waals surface area contributed by atoms with Gasteiger partial charge in [0, 0.05) is 6.61 Å². The van der Waals surface area contributed by atoms with Gasteiger partial charge < -0.3 is 4.74 Å². The van der Waals surface area contributed by atoms with Crippen LogP contribution in [0.25, 0.3) is 0 Å². The second-order valence-electron chi connectivity index (χ2n) is 1.99. The first-order valence-electron chi connectivity index (χ1n) is 3.24. The van der Waals surface area contributed by atoms with Crippen LogP contribution in [0.5, 0.6) is 0 Å². The van der Waals surface area contributed by atoms with E-state index in [1.54, 1.807) is 13.0 Å². The number of nitriles is 1. The number of hydrogen-bond donors (Lipinski definition) is 0. The molecule has 0 rings (SSSR count). The van der Waals surface area contributed by atoms with Crippen molar-refractivity contribution in [1.82, 2.24) is 0 Å². The van der Waals surface area contributed by atoms with Crippen molar-refractivity contribution in [3.05, 3.63) is 0 Å². The molecule has 0 bridgehead atoms. The standard InChI is InChI=1S/C6H11NO3S/c1-3-10-6(2)11(8,9)5-4-7/h6H,3,5H2,1-2H3. The summed E-state index contributed by atoms with van der Waals surface area (Å²) in [4.78, 5) is 0. The molecular formula is C6H11NO3S. The Morgan fingerprint density at radius 2 is 2.18 bits per heavy atom. The SMILES string of the molecule is CCOC(C)S(=O)(=O)CC#N. The first-order valence-corrected chi connectivity index (χ1v) is 4.96. The zero-order chi connectivity index (χ0) is 8.91. The Bertz CT molecular complexity index is 239. The highest BCUT2D eigenvalue weighted by molar-refractivity contribution is 7.92. The molecule has 0 radical (unpaired) electrons. The summed E-state index contributed by atoms with van der Waals surface area (Å²) in [5.74, 6) is -0.478. The van der Waals surface area contributed by atoms with E-state index in [4.69, 9.17) is 10.00 Å². The van der Waals surface area contributed by atoms with E-state index in [1.165, 1.54) is 6.92 Å². The van der Waals surface area contributed by atoms with Gasteiger partial charge in [-0.25, -0.2) is 8.42 Å². The molecular weight excluding hydrogens is 166 g/mol. The Kier molecular flexibility index (Phi) is 4.08. The van der Waals surface area contributed by atoms with Crippen molar-refractivity contribution in [3.8, 4) is 6.07 Å². The van der Waals surface area contributed by atoms with Gasteiger partial charge in [-0.15, -0.1) is 0 Å². The van der Waals surface area contributed by atoms with E-state index < -0.39 is 21.0 Å². The van der Waals surface area contributed by atoms with Crippen molar-refractivity contribution >= 4 is 9.84 Å². The molecule has 0 amide bonds. The molecule has 0 aliphatic rings. The Morgan fingerprint density at radius 1 is 1.64 bits per heavy atom. The minimum absolute atomic E-state index is 0.339. The number of hydrogen-bond acceptors (Lipinski definition) is 4. The number of ether oxygens (including phenoxy) is 1. The third kappa shape index (κ3) is 3.35. The summed E-state index contributed by atoms with van der Waals surface area (Å²) in [5.41, 5.74) is -0.868. The molecule has 5 heteroatoms. The lowest BCUT2D eigenvalue weighted by molar-refractivity contribution is 0.129. The molecule has 0 fully saturated rings. The van der Waals surface area contributed by atoms with Crippen LogP contribution in [0.1, 0.15) is 13.8 Å². The van der Waals surface area contributed by atoms with E-state index in [0.29, 0.717) is 6.61 Å². The third-order valence-electron chi connectivity index (χ3n) is 1.17. The van der Waals surface area contributed by atoms with E-state index in [-0.39, 0.29) is 0 Å². The van der Waals surface area contributed by atoms with Crippen molar-refractivity contribution in [2.45, 2.75) is 19.3 Å². The van der Waals surface area contributed by atoms with Gasteiger partial charge in [0.1, 0.15) is 5.75 Å². The van der Waals surface area contributed by atoms with E-state index in [2.05, 4.69) is 0 Å². The molecule has 0 saturated heterocycles. The molecule has 0 N–H and O–H groups in total. The summed E-state index contributed by atoms with van der Waals surface area (Å²) < 4.78 is 26.8. The van der Waals surface area contributed by atoms with Crippen LogP contribution >= 0.6 is 0 Å². The first kappa shape index (κ1) is 10.4. The van der Waals surface area contributed by atoms with E-state index in [0.717, 1.165) is 0 Å². The highest BCUT2D eigenvalue weighted by Gasteiger charge is 2.19. The lowest BCUT2D eigenvalue weighted by Crippen LogP contribution is -2.23. The summed E-state index contributed by atoms with van der Waals surface area (Å²) in [6, 6.07) is 1.58. The van der Waals surface area contributed by atoms with Crippen LogP contribution < -0.4 is 0 Å². The molecule has 0 aromatic carbocycles. The van der Waals surface area contributed by atoms with Crippen molar-refractivity contribution in [2.75, 3.05) is 12.4 Å². The minimum Gasteiger partial charge on any atom is -0.363 e. The van der Waals surface area contributed by atoms with Gasteiger partial charge >= 0.3 is 0 Å². The van der Waals surface area contributed by atoms with E-state index in [9.17, 15) is 8.42 Å². The van der Waals surface area contributed by atoms with E-state index in [1.807, 2.05) is 0 Å². The molecule has 0 aliphatic heterocycles. The predicted molar refractivity (Wildman–Crippen MR) is 40.5 cm³/mol. The second-order valence-corrected chi connectivity index (χ2v) is 4.27.